The normalized spacial score (nSPS) is 27.9. The van der Waals surface area contributed by atoms with E-state index in [1.165, 1.54) is 0 Å². The number of ketones is 1. The Morgan fingerprint density at radius 3 is 1.14 bits per heavy atom. The first-order chi connectivity index (χ1) is 18.1. The van der Waals surface area contributed by atoms with Crippen molar-refractivity contribution in [2.45, 2.75) is 10.8 Å². The monoisotopic (exact) mass is 482 g/mol. The molecule has 0 spiro atoms. The van der Waals surface area contributed by atoms with Crippen molar-refractivity contribution in [2.24, 2.45) is 11.8 Å². The summed E-state index contributed by atoms with van der Waals surface area (Å²) < 4.78 is 5.36. The summed E-state index contributed by atoms with van der Waals surface area (Å²) in [6, 6.07) is 38.4. The minimum atomic E-state index is -1.38. The van der Waals surface area contributed by atoms with Crippen molar-refractivity contribution in [3.63, 3.8) is 0 Å². The third-order valence-corrected chi connectivity index (χ3v) is 8.31. The number of Topliss-reactive ketones (excluding diaryl/α,β-unsaturated/α-hetero) is 1. The molecule has 7 rings (SSSR count). The van der Waals surface area contributed by atoms with E-state index in [9.17, 15) is 9.59 Å². The minimum absolute atomic E-state index is 0.143. The van der Waals surface area contributed by atoms with Gasteiger partial charge in [-0.25, -0.2) is 0 Å². The second-order valence-electron chi connectivity index (χ2n) is 9.85. The van der Waals surface area contributed by atoms with E-state index in [1.54, 1.807) is 0 Å². The fraction of sp³-hybridized carbons (Fsp3) is 0.121. The molecule has 0 radical (unpaired) electrons. The average molecular weight is 483 g/mol. The van der Waals surface area contributed by atoms with Gasteiger partial charge in [-0.15, -0.1) is 0 Å². The Morgan fingerprint density at radius 2 is 0.784 bits per heavy atom. The summed E-state index contributed by atoms with van der Waals surface area (Å²) in [5.74, 6) is -3.33. The molecule has 2 bridgehead atoms. The molecule has 1 aliphatic heterocycles. The predicted molar refractivity (Wildman–Crippen MR) is 139 cm³/mol. The van der Waals surface area contributed by atoms with E-state index in [0.29, 0.717) is 11.1 Å². The number of rotatable bonds is 4. The number of carbonyl (C=O) groups excluding carboxylic acids is 3. The highest BCUT2D eigenvalue weighted by molar-refractivity contribution is 6.34. The molecule has 1 heterocycles. The van der Waals surface area contributed by atoms with Crippen LogP contribution < -0.4 is 0 Å². The van der Waals surface area contributed by atoms with Crippen molar-refractivity contribution in [1.29, 1.82) is 0 Å². The molecule has 178 valence electrons. The summed E-state index contributed by atoms with van der Waals surface area (Å²) in [7, 11) is 0. The van der Waals surface area contributed by atoms with Crippen LogP contribution in [0, 0.1) is 11.8 Å². The second kappa shape index (κ2) is 7.71. The van der Waals surface area contributed by atoms with Gasteiger partial charge >= 0.3 is 11.9 Å². The molecule has 1 saturated carbocycles. The summed E-state index contributed by atoms with van der Waals surface area (Å²) in [6.45, 7) is 0. The Bertz CT molecular complexity index is 1470. The lowest BCUT2D eigenvalue weighted by Crippen LogP contribution is -2.41. The average Bonchev–Trinajstić information content (AvgIpc) is 3.49. The molecule has 4 aromatic carbocycles. The highest BCUT2D eigenvalue weighted by atomic mass is 16.6. The molecule has 0 aromatic heterocycles. The molecule has 0 unspecified atom stereocenters. The lowest BCUT2D eigenvalue weighted by atomic mass is 9.59. The van der Waals surface area contributed by atoms with Crippen LogP contribution in [0.5, 0.6) is 0 Å². The highest BCUT2D eigenvalue weighted by Crippen LogP contribution is 2.74. The molecule has 1 saturated heterocycles. The molecular weight excluding hydrogens is 460 g/mol. The summed E-state index contributed by atoms with van der Waals surface area (Å²) in [6.07, 6.45) is 0. The van der Waals surface area contributed by atoms with Crippen molar-refractivity contribution in [1.82, 2.24) is 0 Å². The minimum Gasteiger partial charge on any atom is -0.393 e. The van der Waals surface area contributed by atoms with Gasteiger partial charge in [0.1, 0.15) is 0 Å². The molecular formula is C33H22O4. The van der Waals surface area contributed by atoms with Gasteiger partial charge in [0.15, 0.2) is 5.78 Å². The SMILES string of the molecule is O=C1OC(=O)[C@H]2[C@@H]1[C@]1(c3ccccc3)C(=O)[C@@]2(c2ccccc2)C(c2ccccc2)=C1c1ccccc1. The van der Waals surface area contributed by atoms with Gasteiger partial charge < -0.3 is 4.74 Å². The van der Waals surface area contributed by atoms with E-state index >= 15 is 4.79 Å². The van der Waals surface area contributed by atoms with E-state index in [0.717, 1.165) is 22.3 Å². The van der Waals surface area contributed by atoms with Crippen LogP contribution in [0.1, 0.15) is 22.3 Å². The lowest BCUT2D eigenvalue weighted by Gasteiger charge is -2.38. The highest BCUT2D eigenvalue weighted by Gasteiger charge is 2.82. The Morgan fingerprint density at radius 1 is 0.459 bits per heavy atom. The quantitative estimate of drug-likeness (QED) is 0.289. The fourth-order valence-electron chi connectivity index (χ4n) is 7.14. The number of cyclic esters (lactones) is 2. The first-order valence-electron chi connectivity index (χ1n) is 12.4. The molecule has 3 aliphatic rings. The number of fused-ring (bicyclic) bond motifs is 5. The van der Waals surface area contributed by atoms with Gasteiger partial charge in [0.05, 0.1) is 22.7 Å². The number of carbonyl (C=O) groups is 3. The number of allylic oxidation sites excluding steroid dienone is 2. The molecule has 0 N–H and O–H groups in total. The zero-order valence-electron chi connectivity index (χ0n) is 19.8. The lowest BCUT2D eigenvalue weighted by molar-refractivity contribution is -0.156. The summed E-state index contributed by atoms with van der Waals surface area (Å²) in [5, 5.41) is 0. The molecule has 4 atom stereocenters. The van der Waals surface area contributed by atoms with E-state index in [-0.39, 0.29) is 5.78 Å². The third-order valence-electron chi connectivity index (χ3n) is 8.31. The molecule has 2 fully saturated rings. The molecule has 37 heavy (non-hydrogen) atoms. The van der Waals surface area contributed by atoms with E-state index in [1.807, 2.05) is 121 Å². The van der Waals surface area contributed by atoms with Crippen molar-refractivity contribution in [3.8, 4) is 0 Å². The van der Waals surface area contributed by atoms with Gasteiger partial charge in [-0.1, -0.05) is 121 Å². The number of benzene rings is 4. The molecule has 4 heteroatoms. The fourth-order valence-corrected chi connectivity index (χ4v) is 7.14. The second-order valence-corrected chi connectivity index (χ2v) is 9.85. The van der Waals surface area contributed by atoms with Crippen LogP contribution >= 0.6 is 0 Å². The number of ether oxygens (including phenoxy) is 1. The van der Waals surface area contributed by atoms with E-state index < -0.39 is 34.6 Å². The van der Waals surface area contributed by atoms with Gasteiger partial charge in [-0.05, 0) is 33.4 Å². The summed E-state index contributed by atoms with van der Waals surface area (Å²) in [5.41, 5.74) is 1.88. The smallest absolute Gasteiger partial charge is 0.319 e. The third kappa shape index (κ3) is 2.54. The van der Waals surface area contributed by atoms with Gasteiger partial charge in [-0.3, -0.25) is 14.4 Å². The van der Waals surface area contributed by atoms with Gasteiger partial charge in [-0.2, -0.15) is 0 Å². The Balaban J connectivity index is 1.73. The Labute approximate surface area is 214 Å². The predicted octanol–water partition coefficient (Wildman–Crippen LogP) is 5.39. The van der Waals surface area contributed by atoms with Crippen LogP contribution in [0.4, 0.5) is 0 Å². The van der Waals surface area contributed by atoms with Crippen molar-refractivity contribution >= 4 is 28.9 Å². The Hall–Kier alpha value is -4.57. The molecule has 0 amide bonds. The molecule has 4 aromatic rings. The number of hydrogen-bond acceptors (Lipinski definition) is 4. The van der Waals surface area contributed by atoms with Crippen LogP contribution in [0.15, 0.2) is 121 Å². The number of esters is 2. The van der Waals surface area contributed by atoms with Crippen LogP contribution in [-0.4, -0.2) is 17.7 Å². The van der Waals surface area contributed by atoms with Crippen LogP contribution in [0.25, 0.3) is 11.1 Å². The maximum atomic E-state index is 15.3. The van der Waals surface area contributed by atoms with Crippen LogP contribution in [0.3, 0.4) is 0 Å². The standard InChI is InChI=1S/C33H22O4/c34-29-27-28(30(35)37-29)33(24-19-11-4-12-20-24)26(22-15-7-2-8-16-22)25(21-13-5-1-6-14-21)32(27,31(33)36)23-17-9-3-10-18-23/h1-20,27-28H/t27-,28+,32+,33-. The first kappa shape index (κ1) is 21.7. The van der Waals surface area contributed by atoms with Crippen LogP contribution in [0.2, 0.25) is 0 Å². The topological polar surface area (TPSA) is 60.4 Å². The van der Waals surface area contributed by atoms with Crippen molar-refractivity contribution in [3.05, 3.63) is 144 Å². The molecule has 4 nitrogen and oxygen atoms in total. The largest absolute Gasteiger partial charge is 0.393 e. The van der Waals surface area contributed by atoms with Gasteiger partial charge in [0, 0.05) is 0 Å². The van der Waals surface area contributed by atoms with Gasteiger partial charge in [0.2, 0.25) is 0 Å². The van der Waals surface area contributed by atoms with Crippen molar-refractivity contribution < 1.29 is 19.1 Å². The maximum Gasteiger partial charge on any atom is 0.319 e. The van der Waals surface area contributed by atoms with Gasteiger partial charge in [0.25, 0.3) is 0 Å². The van der Waals surface area contributed by atoms with Crippen molar-refractivity contribution in [2.75, 3.05) is 0 Å². The first-order valence-corrected chi connectivity index (χ1v) is 12.4. The zero-order valence-corrected chi connectivity index (χ0v) is 19.8. The summed E-state index contributed by atoms with van der Waals surface area (Å²) >= 11 is 0. The van der Waals surface area contributed by atoms with E-state index in [2.05, 4.69) is 0 Å². The van der Waals surface area contributed by atoms with Crippen LogP contribution in [-0.2, 0) is 30.0 Å². The summed E-state index contributed by atoms with van der Waals surface area (Å²) in [4.78, 5) is 42.4. The van der Waals surface area contributed by atoms with E-state index in [4.69, 9.17) is 4.74 Å². The zero-order chi connectivity index (χ0) is 25.2. The molecule has 2 aliphatic carbocycles. The Kier molecular flexibility index (Phi) is 4.52. The number of hydrogen-bond donors (Lipinski definition) is 0. The maximum absolute atomic E-state index is 15.3.